The average Bonchev–Trinajstić information content (AvgIpc) is 3.52. The van der Waals surface area contributed by atoms with Crippen molar-refractivity contribution in [1.82, 2.24) is 0 Å². The summed E-state index contributed by atoms with van der Waals surface area (Å²) in [5.74, 6) is -1.36. The van der Waals surface area contributed by atoms with Crippen LogP contribution in [0.15, 0.2) is 125 Å². The van der Waals surface area contributed by atoms with Crippen molar-refractivity contribution >= 4 is 21.6 Å². The van der Waals surface area contributed by atoms with E-state index in [2.05, 4.69) is 0 Å². The third kappa shape index (κ3) is 6.76. The molecule has 0 N–H and O–H groups in total. The minimum Gasteiger partial charge on any atom is -0.376 e. The summed E-state index contributed by atoms with van der Waals surface area (Å²) in [5.41, 5.74) is 3.15. The number of fused-ring (bicyclic) bond motifs is 2. The predicted molar refractivity (Wildman–Crippen MR) is 171 cm³/mol. The van der Waals surface area contributed by atoms with Gasteiger partial charge in [0.25, 0.3) is 0 Å². The van der Waals surface area contributed by atoms with E-state index in [1.807, 2.05) is 103 Å². The van der Waals surface area contributed by atoms with E-state index < -0.39 is 51.8 Å². The first-order chi connectivity index (χ1) is 22.1. The molecule has 4 aromatic carbocycles. The maximum absolute atomic E-state index is 13.6. The average molecular weight is 645 g/mol. The van der Waals surface area contributed by atoms with E-state index in [1.165, 1.54) is 0 Å². The molecule has 0 amide bonds. The summed E-state index contributed by atoms with van der Waals surface area (Å²) in [7, 11) is -2.93. The van der Waals surface area contributed by atoms with E-state index in [0.29, 0.717) is 36.2 Å². The topological polar surface area (TPSA) is 80.3 Å². The molecule has 3 aliphatic rings. The van der Waals surface area contributed by atoms with Gasteiger partial charge in [-0.25, -0.2) is 0 Å². The molecule has 2 fully saturated rings. The van der Waals surface area contributed by atoms with Crippen molar-refractivity contribution in [3.8, 4) is 0 Å². The molecule has 7 nitrogen and oxygen atoms in total. The van der Waals surface area contributed by atoms with Gasteiger partial charge >= 0.3 is 0 Å². The predicted octanol–water partition coefficient (Wildman–Crippen LogP) is 5.41. The summed E-state index contributed by atoms with van der Waals surface area (Å²) >= 11 is 0. The van der Waals surface area contributed by atoms with E-state index in [0.717, 1.165) is 16.7 Å². The van der Waals surface area contributed by atoms with Crippen LogP contribution in [0.5, 0.6) is 0 Å². The lowest BCUT2D eigenvalue weighted by Crippen LogP contribution is -2.46. The van der Waals surface area contributed by atoms with Gasteiger partial charge in [-0.3, -0.25) is 8.42 Å². The van der Waals surface area contributed by atoms with Crippen LogP contribution in [0, 0.1) is 5.92 Å². The molecular formula is C36H36O7S2. The van der Waals surface area contributed by atoms with Crippen molar-refractivity contribution in [2.75, 3.05) is 18.1 Å². The summed E-state index contributed by atoms with van der Waals surface area (Å²) < 4.78 is 60.4. The lowest BCUT2D eigenvalue weighted by Gasteiger charge is -2.32. The first kappa shape index (κ1) is 30.6. The van der Waals surface area contributed by atoms with Gasteiger partial charge in [0.15, 0.2) is 5.79 Å². The molecule has 7 atom stereocenters. The Labute approximate surface area is 268 Å². The third-order valence-corrected chi connectivity index (χ3v) is 11.8. The first-order valence-electron chi connectivity index (χ1n) is 15.2. The lowest BCUT2D eigenvalue weighted by molar-refractivity contribution is -0.193. The fourth-order valence-electron chi connectivity index (χ4n) is 6.45. The van der Waals surface area contributed by atoms with Crippen molar-refractivity contribution in [2.45, 2.75) is 59.8 Å². The zero-order valence-electron chi connectivity index (χ0n) is 24.8. The molecule has 9 heteroatoms. The number of hydrogen-bond donors (Lipinski definition) is 0. The maximum Gasteiger partial charge on any atom is 0.193 e. The largest absolute Gasteiger partial charge is 0.376 e. The van der Waals surface area contributed by atoms with Crippen LogP contribution in [0.1, 0.15) is 16.7 Å². The van der Waals surface area contributed by atoms with Gasteiger partial charge in [-0.2, -0.15) is 0 Å². The van der Waals surface area contributed by atoms with Crippen molar-refractivity contribution < 1.29 is 32.1 Å². The zero-order chi connectivity index (χ0) is 30.6. The fourth-order valence-corrected chi connectivity index (χ4v) is 9.76. The smallest absolute Gasteiger partial charge is 0.193 e. The number of benzene rings is 4. The van der Waals surface area contributed by atoms with Crippen molar-refractivity contribution in [3.63, 3.8) is 0 Å². The molecule has 0 radical (unpaired) electrons. The van der Waals surface area contributed by atoms with Crippen molar-refractivity contribution in [2.24, 2.45) is 5.92 Å². The molecule has 1 unspecified atom stereocenters. The third-order valence-electron chi connectivity index (χ3n) is 8.55. The van der Waals surface area contributed by atoms with Crippen LogP contribution in [0.25, 0.3) is 0 Å². The normalized spacial score (nSPS) is 28.4. The van der Waals surface area contributed by atoms with Gasteiger partial charge in [0, 0.05) is 5.92 Å². The van der Waals surface area contributed by atoms with Gasteiger partial charge in [-0.15, -0.1) is 0 Å². The van der Waals surface area contributed by atoms with Gasteiger partial charge < -0.3 is 23.7 Å². The Morgan fingerprint density at radius 1 is 0.578 bits per heavy atom. The second-order valence-electron chi connectivity index (χ2n) is 11.7. The molecule has 1 spiro atoms. The van der Waals surface area contributed by atoms with Gasteiger partial charge in [0.2, 0.25) is 0 Å². The summed E-state index contributed by atoms with van der Waals surface area (Å²) in [6.45, 7) is 1.55. The molecule has 2 heterocycles. The van der Waals surface area contributed by atoms with Crippen LogP contribution in [0.2, 0.25) is 0 Å². The van der Waals surface area contributed by atoms with Gasteiger partial charge in [-0.1, -0.05) is 103 Å². The minimum atomic E-state index is -1.46. The fraction of sp³-hybridized carbons (Fsp3) is 0.333. The standard InChI is InChI=1S/C36H36O7S2/c37-44-24-36(25-45(38)31-19-11-10-18-30(31)44)42-34-32(40-21-27-14-6-2-7-15-27)29(23-39-20-26-12-4-1-5-13-26)33(35(34)43-36)41-22-28-16-8-3-9-17-28/h1-19,29,32-35H,20-25H2/t29?,32-,33+,34+,35-,44-,45-/m1/s1. The SMILES string of the molecule is O=[S@@]1CC2(C[S@@](=O)c3ccccc31)O[C@@H]1[C@H](O2)[C@@H](OCc2ccccc2)C(COCc2ccccc2)[C@H]1OCc1ccccc1. The molecule has 1 saturated carbocycles. The van der Waals surface area contributed by atoms with E-state index in [-0.39, 0.29) is 17.4 Å². The summed E-state index contributed by atoms with van der Waals surface area (Å²) in [6, 6.07) is 37.2. The monoisotopic (exact) mass is 644 g/mol. The first-order valence-corrected chi connectivity index (χ1v) is 17.9. The Bertz CT molecular complexity index is 1520. The lowest BCUT2D eigenvalue weighted by atomic mass is 10.0. The van der Waals surface area contributed by atoms with Crippen molar-refractivity contribution in [1.29, 1.82) is 0 Å². The molecule has 7 rings (SSSR count). The summed E-state index contributed by atoms with van der Waals surface area (Å²) in [5, 5.41) is 0. The molecule has 234 valence electrons. The highest BCUT2D eigenvalue weighted by molar-refractivity contribution is 7.89. The van der Waals surface area contributed by atoms with Gasteiger partial charge in [-0.05, 0) is 28.8 Å². The van der Waals surface area contributed by atoms with Crippen LogP contribution in [0.3, 0.4) is 0 Å². The molecule has 0 aromatic heterocycles. The number of rotatable bonds is 10. The molecule has 2 aliphatic heterocycles. The number of ether oxygens (including phenoxy) is 5. The van der Waals surface area contributed by atoms with Crippen molar-refractivity contribution in [3.05, 3.63) is 132 Å². The van der Waals surface area contributed by atoms with Crippen LogP contribution < -0.4 is 0 Å². The Hall–Kier alpha value is -3.02. The minimum absolute atomic E-state index is 0.0781. The van der Waals surface area contributed by atoms with E-state index >= 15 is 0 Å². The van der Waals surface area contributed by atoms with Gasteiger partial charge in [0.05, 0.1) is 81.5 Å². The Balaban J connectivity index is 1.18. The van der Waals surface area contributed by atoms with E-state index in [9.17, 15) is 8.42 Å². The Kier molecular flexibility index (Phi) is 9.37. The van der Waals surface area contributed by atoms with Crippen LogP contribution in [-0.4, -0.2) is 56.7 Å². The Morgan fingerprint density at radius 2 is 0.978 bits per heavy atom. The highest BCUT2D eigenvalue weighted by Gasteiger charge is 2.63. The summed E-state index contributed by atoms with van der Waals surface area (Å²) in [4.78, 5) is 1.14. The molecule has 0 bridgehead atoms. The molecule has 45 heavy (non-hydrogen) atoms. The zero-order valence-corrected chi connectivity index (χ0v) is 26.4. The number of hydrogen-bond acceptors (Lipinski definition) is 7. The quantitative estimate of drug-likeness (QED) is 0.228. The second kappa shape index (κ2) is 13.8. The highest BCUT2D eigenvalue weighted by Crippen LogP contribution is 2.47. The van der Waals surface area contributed by atoms with Crippen LogP contribution >= 0.6 is 0 Å². The van der Waals surface area contributed by atoms with Crippen LogP contribution in [0.4, 0.5) is 0 Å². The van der Waals surface area contributed by atoms with Crippen LogP contribution in [-0.2, 0) is 65.1 Å². The maximum atomic E-state index is 13.6. The summed E-state index contributed by atoms with van der Waals surface area (Å²) in [6.07, 6.45) is -1.96. The molecule has 1 aliphatic carbocycles. The van der Waals surface area contributed by atoms with E-state index in [4.69, 9.17) is 23.7 Å². The van der Waals surface area contributed by atoms with Gasteiger partial charge in [0.1, 0.15) is 12.2 Å². The molecule has 1 saturated heterocycles. The van der Waals surface area contributed by atoms with E-state index in [1.54, 1.807) is 12.1 Å². The second-order valence-corrected chi connectivity index (χ2v) is 14.5. The highest BCUT2D eigenvalue weighted by atomic mass is 32.2. The molecule has 4 aromatic rings. The Morgan fingerprint density at radius 3 is 1.42 bits per heavy atom. The molecular weight excluding hydrogens is 609 g/mol.